The number of aliphatic hydroxyl groups is 1. The van der Waals surface area contributed by atoms with Crippen LogP contribution in [0.15, 0.2) is 46.0 Å². The molecule has 2 aromatic rings. The Morgan fingerprint density at radius 3 is 2.74 bits per heavy atom. The van der Waals surface area contributed by atoms with Crippen molar-refractivity contribution in [3.05, 3.63) is 52.2 Å². The maximum Gasteiger partial charge on any atom is 0.240 e. The summed E-state index contributed by atoms with van der Waals surface area (Å²) >= 11 is 1.59. The first-order valence-electron chi connectivity index (χ1n) is 5.82. The summed E-state index contributed by atoms with van der Waals surface area (Å²) in [5, 5.41) is 13.0. The number of hydrogen-bond donors (Lipinski definition) is 2. The molecule has 0 aliphatic rings. The molecular weight excluding hydrogens is 282 g/mol. The van der Waals surface area contributed by atoms with E-state index in [-0.39, 0.29) is 11.5 Å². The molecule has 0 fully saturated rings. The third-order valence-electron chi connectivity index (χ3n) is 2.68. The van der Waals surface area contributed by atoms with Gasteiger partial charge >= 0.3 is 0 Å². The Labute approximate surface area is 116 Å². The first-order chi connectivity index (χ1) is 9.12. The Morgan fingerprint density at radius 2 is 2.05 bits per heavy atom. The van der Waals surface area contributed by atoms with Crippen molar-refractivity contribution in [1.82, 2.24) is 4.72 Å². The predicted octanol–water partition coefficient (Wildman–Crippen LogP) is 1.76. The second-order valence-corrected chi connectivity index (χ2v) is 6.63. The van der Waals surface area contributed by atoms with Crippen molar-refractivity contribution < 1.29 is 13.5 Å². The molecule has 0 radical (unpaired) electrons. The third-order valence-corrected chi connectivity index (χ3v) is 4.87. The molecule has 0 aliphatic carbocycles. The van der Waals surface area contributed by atoms with E-state index in [0.29, 0.717) is 18.5 Å². The summed E-state index contributed by atoms with van der Waals surface area (Å²) in [5.74, 6) is 0. The number of thiophene rings is 1. The minimum atomic E-state index is -3.50. The summed E-state index contributed by atoms with van der Waals surface area (Å²) in [6, 6.07) is 8.29. The van der Waals surface area contributed by atoms with E-state index >= 15 is 0 Å². The van der Waals surface area contributed by atoms with Crippen molar-refractivity contribution in [2.75, 3.05) is 6.54 Å². The summed E-state index contributed by atoms with van der Waals surface area (Å²) in [7, 11) is -3.50. The van der Waals surface area contributed by atoms with Crippen LogP contribution in [0.2, 0.25) is 0 Å². The highest BCUT2D eigenvalue weighted by atomic mass is 32.2. The van der Waals surface area contributed by atoms with Crippen LogP contribution < -0.4 is 4.72 Å². The SMILES string of the molecule is O=S(=O)(NCCc1ccsc1)c1cccc(CO)c1. The van der Waals surface area contributed by atoms with Crippen molar-refractivity contribution in [2.45, 2.75) is 17.9 Å². The zero-order valence-electron chi connectivity index (χ0n) is 10.2. The number of rotatable bonds is 6. The van der Waals surface area contributed by atoms with Crippen molar-refractivity contribution in [3.8, 4) is 0 Å². The molecule has 2 N–H and O–H groups in total. The van der Waals surface area contributed by atoms with E-state index in [1.165, 1.54) is 12.1 Å². The summed E-state index contributed by atoms with van der Waals surface area (Å²) in [6.07, 6.45) is 0.669. The molecule has 1 heterocycles. The highest BCUT2D eigenvalue weighted by Gasteiger charge is 2.13. The summed E-state index contributed by atoms with van der Waals surface area (Å²) in [4.78, 5) is 0.185. The van der Waals surface area contributed by atoms with Gasteiger partial charge in [0.1, 0.15) is 0 Å². The van der Waals surface area contributed by atoms with E-state index in [4.69, 9.17) is 5.11 Å². The lowest BCUT2D eigenvalue weighted by Gasteiger charge is -2.07. The van der Waals surface area contributed by atoms with Crippen molar-refractivity contribution in [2.24, 2.45) is 0 Å². The molecule has 4 nitrogen and oxygen atoms in total. The van der Waals surface area contributed by atoms with Gasteiger partial charge in [0, 0.05) is 6.54 Å². The Bertz CT molecular complexity index is 621. The van der Waals surface area contributed by atoms with Gasteiger partial charge in [-0.15, -0.1) is 0 Å². The molecule has 6 heteroatoms. The second kappa shape index (κ2) is 6.29. The van der Waals surface area contributed by atoms with Gasteiger partial charge in [0.05, 0.1) is 11.5 Å². The van der Waals surface area contributed by atoms with Gasteiger partial charge in [-0.05, 0) is 46.5 Å². The minimum Gasteiger partial charge on any atom is -0.392 e. The second-order valence-electron chi connectivity index (χ2n) is 4.08. The van der Waals surface area contributed by atoms with E-state index in [1.807, 2.05) is 16.8 Å². The minimum absolute atomic E-state index is 0.168. The highest BCUT2D eigenvalue weighted by molar-refractivity contribution is 7.89. The van der Waals surface area contributed by atoms with Gasteiger partial charge in [0.25, 0.3) is 0 Å². The normalized spacial score (nSPS) is 11.6. The lowest BCUT2D eigenvalue weighted by molar-refractivity contribution is 0.281. The first kappa shape index (κ1) is 14.2. The van der Waals surface area contributed by atoms with E-state index in [0.717, 1.165) is 5.56 Å². The largest absolute Gasteiger partial charge is 0.392 e. The molecule has 0 amide bonds. The van der Waals surface area contributed by atoms with Crippen LogP contribution in [0.1, 0.15) is 11.1 Å². The van der Waals surface area contributed by atoms with Crippen LogP contribution in [0, 0.1) is 0 Å². The maximum absolute atomic E-state index is 12.0. The van der Waals surface area contributed by atoms with Crippen LogP contribution in [0.3, 0.4) is 0 Å². The van der Waals surface area contributed by atoms with Gasteiger partial charge in [-0.3, -0.25) is 0 Å². The molecule has 0 aliphatic heterocycles. The molecule has 0 unspecified atom stereocenters. The molecular formula is C13H15NO3S2. The zero-order valence-corrected chi connectivity index (χ0v) is 11.9. The van der Waals surface area contributed by atoms with Crippen molar-refractivity contribution in [1.29, 1.82) is 0 Å². The topological polar surface area (TPSA) is 66.4 Å². The molecule has 2 rings (SSSR count). The molecule has 1 aromatic heterocycles. The Kier molecular flexibility index (Phi) is 4.71. The van der Waals surface area contributed by atoms with Crippen LogP contribution in [-0.4, -0.2) is 20.1 Å². The molecule has 0 atom stereocenters. The molecule has 19 heavy (non-hydrogen) atoms. The fraction of sp³-hybridized carbons (Fsp3) is 0.231. The summed E-state index contributed by atoms with van der Waals surface area (Å²) < 4.78 is 26.6. The van der Waals surface area contributed by atoms with Crippen LogP contribution >= 0.6 is 11.3 Å². The number of benzene rings is 1. The third kappa shape index (κ3) is 3.87. The van der Waals surface area contributed by atoms with E-state index in [2.05, 4.69) is 4.72 Å². The van der Waals surface area contributed by atoms with Gasteiger partial charge < -0.3 is 5.11 Å². The Hall–Kier alpha value is -1.21. The maximum atomic E-state index is 12.0. The predicted molar refractivity (Wildman–Crippen MR) is 75.6 cm³/mol. The van der Waals surface area contributed by atoms with Crippen molar-refractivity contribution in [3.63, 3.8) is 0 Å². The van der Waals surface area contributed by atoms with Gasteiger partial charge in [-0.1, -0.05) is 12.1 Å². The van der Waals surface area contributed by atoms with Gasteiger partial charge in [-0.25, -0.2) is 13.1 Å². The average Bonchev–Trinajstić information content (AvgIpc) is 2.92. The highest BCUT2D eigenvalue weighted by Crippen LogP contribution is 2.12. The van der Waals surface area contributed by atoms with E-state index in [9.17, 15) is 8.42 Å². The van der Waals surface area contributed by atoms with Crippen LogP contribution in [0.4, 0.5) is 0 Å². The quantitative estimate of drug-likeness (QED) is 0.854. The van der Waals surface area contributed by atoms with Crippen molar-refractivity contribution >= 4 is 21.4 Å². The first-order valence-corrected chi connectivity index (χ1v) is 8.25. The fourth-order valence-corrected chi connectivity index (χ4v) is 3.46. The fourth-order valence-electron chi connectivity index (χ4n) is 1.66. The van der Waals surface area contributed by atoms with Crippen LogP contribution in [0.5, 0.6) is 0 Å². The summed E-state index contributed by atoms with van der Waals surface area (Å²) in [6.45, 7) is 0.195. The number of nitrogens with one attached hydrogen (secondary N) is 1. The van der Waals surface area contributed by atoms with Crippen LogP contribution in [-0.2, 0) is 23.1 Å². The molecule has 102 valence electrons. The zero-order chi connectivity index (χ0) is 13.7. The van der Waals surface area contributed by atoms with Gasteiger partial charge in [-0.2, -0.15) is 11.3 Å². The Balaban J connectivity index is 2.01. The smallest absolute Gasteiger partial charge is 0.240 e. The monoisotopic (exact) mass is 297 g/mol. The number of sulfonamides is 1. The lowest BCUT2D eigenvalue weighted by atomic mass is 10.2. The van der Waals surface area contributed by atoms with Gasteiger partial charge in [0.15, 0.2) is 0 Å². The molecule has 0 bridgehead atoms. The lowest BCUT2D eigenvalue weighted by Crippen LogP contribution is -2.26. The van der Waals surface area contributed by atoms with Crippen LogP contribution in [0.25, 0.3) is 0 Å². The molecule has 0 saturated carbocycles. The number of hydrogen-bond acceptors (Lipinski definition) is 4. The number of aliphatic hydroxyl groups excluding tert-OH is 1. The van der Waals surface area contributed by atoms with E-state index < -0.39 is 10.0 Å². The molecule has 1 aromatic carbocycles. The average molecular weight is 297 g/mol. The molecule has 0 spiro atoms. The Morgan fingerprint density at radius 1 is 1.21 bits per heavy atom. The van der Waals surface area contributed by atoms with Gasteiger partial charge in [0.2, 0.25) is 10.0 Å². The molecule has 0 saturated heterocycles. The summed E-state index contributed by atoms with van der Waals surface area (Å²) in [5.41, 5.74) is 1.71. The van der Waals surface area contributed by atoms with E-state index in [1.54, 1.807) is 23.5 Å². The standard InChI is InChI=1S/C13H15NO3S2/c15-9-12-2-1-3-13(8-12)19(16,17)14-6-4-11-5-7-18-10-11/h1-3,5,7-8,10,14-15H,4,6,9H2.